The summed E-state index contributed by atoms with van der Waals surface area (Å²) in [6.45, 7) is 0. The molecule has 3 nitrogen and oxygen atoms in total. The molecular weight excluding hydrogens is 160 g/mol. The SMILES string of the molecule is O=c1[nH]cc(-c2cccs2)[nH]1. The van der Waals surface area contributed by atoms with E-state index in [-0.39, 0.29) is 5.69 Å². The quantitative estimate of drug-likeness (QED) is 0.661. The number of hydrogen-bond acceptors (Lipinski definition) is 2. The zero-order valence-electron chi connectivity index (χ0n) is 5.63. The number of nitrogens with one attached hydrogen (secondary N) is 2. The molecule has 0 aromatic carbocycles. The van der Waals surface area contributed by atoms with Crippen LogP contribution in [-0.2, 0) is 0 Å². The van der Waals surface area contributed by atoms with Crippen molar-refractivity contribution in [2.24, 2.45) is 0 Å². The van der Waals surface area contributed by atoms with E-state index in [2.05, 4.69) is 9.97 Å². The van der Waals surface area contributed by atoms with Crippen molar-refractivity contribution in [2.45, 2.75) is 0 Å². The van der Waals surface area contributed by atoms with Gasteiger partial charge in [-0.15, -0.1) is 11.3 Å². The third kappa shape index (κ3) is 1.12. The lowest BCUT2D eigenvalue weighted by Crippen LogP contribution is -1.99. The van der Waals surface area contributed by atoms with Gasteiger partial charge in [0.1, 0.15) is 0 Å². The largest absolute Gasteiger partial charge is 0.323 e. The molecule has 0 spiro atoms. The van der Waals surface area contributed by atoms with Crippen LogP contribution in [0.25, 0.3) is 10.6 Å². The van der Waals surface area contributed by atoms with Gasteiger partial charge in [-0.1, -0.05) is 6.07 Å². The van der Waals surface area contributed by atoms with Crippen molar-refractivity contribution < 1.29 is 0 Å². The van der Waals surface area contributed by atoms with Crippen LogP contribution < -0.4 is 5.69 Å². The van der Waals surface area contributed by atoms with Gasteiger partial charge in [0, 0.05) is 6.20 Å². The molecule has 0 radical (unpaired) electrons. The Bertz CT molecular complexity index is 384. The Balaban J connectivity index is 2.53. The van der Waals surface area contributed by atoms with Crippen molar-refractivity contribution in [3.05, 3.63) is 34.2 Å². The Morgan fingerprint density at radius 3 is 2.91 bits per heavy atom. The third-order valence-corrected chi connectivity index (χ3v) is 2.29. The molecule has 0 aliphatic heterocycles. The predicted octanol–water partition coefficient (Wildman–Crippen LogP) is 1.43. The van der Waals surface area contributed by atoms with Crippen molar-refractivity contribution in [3.63, 3.8) is 0 Å². The number of imidazole rings is 1. The van der Waals surface area contributed by atoms with Gasteiger partial charge in [-0.25, -0.2) is 4.79 Å². The summed E-state index contributed by atoms with van der Waals surface area (Å²) in [4.78, 5) is 17.0. The van der Waals surface area contributed by atoms with Gasteiger partial charge in [0.05, 0.1) is 10.6 Å². The normalized spacial score (nSPS) is 10.2. The predicted molar refractivity (Wildman–Crippen MR) is 44.7 cm³/mol. The zero-order valence-corrected chi connectivity index (χ0v) is 6.44. The smallest absolute Gasteiger partial charge is 0.312 e. The van der Waals surface area contributed by atoms with Gasteiger partial charge < -0.3 is 9.97 Å². The summed E-state index contributed by atoms with van der Waals surface area (Å²) in [6.07, 6.45) is 1.67. The molecule has 56 valence electrons. The maximum atomic E-state index is 10.7. The third-order valence-electron chi connectivity index (χ3n) is 1.38. The van der Waals surface area contributed by atoms with Crippen molar-refractivity contribution in [1.29, 1.82) is 0 Å². The van der Waals surface area contributed by atoms with Crippen molar-refractivity contribution in [2.75, 3.05) is 0 Å². The van der Waals surface area contributed by atoms with Gasteiger partial charge in [0.2, 0.25) is 0 Å². The summed E-state index contributed by atoms with van der Waals surface area (Å²) in [5.74, 6) is 0. The molecule has 0 amide bonds. The minimum absolute atomic E-state index is 0.159. The fourth-order valence-corrected chi connectivity index (χ4v) is 1.59. The second kappa shape index (κ2) is 2.39. The molecule has 2 rings (SSSR count). The lowest BCUT2D eigenvalue weighted by Gasteiger charge is -1.85. The van der Waals surface area contributed by atoms with Crippen LogP contribution in [0.5, 0.6) is 0 Å². The molecule has 0 fully saturated rings. The van der Waals surface area contributed by atoms with Crippen LogP contribution in [0.3, 0.4) is 0 Å². The number of H-pyrrole nitrogens is 2. The molecule has 2 heterocycles. The van der Waals surface area contributed by atoms with E-state index in [4.69, 9.17) is 0 Å². The first-order chi connectivity index (χ1) is 5.36. The van der Waals surface area contributed by atoms with Gasteiger partial charge >= 0.3 is 5.69 Å². The minimum Gasteiger partial charge on any atom is -0.312 e. The van der Waals surface area contributed by atoms with Crippen LogP contribution in [0.4, 0.5) is 0 Å². The average molecular weight is 166 g/mol. The highest BCUT2D eigenvalue weighted by Crippen LogP contribution is 2.20. The van der Waals surface area contributed by atoms with E-state index in [1.807, 2.05) is 17.5 Å². The van der Waals surface area contributed by atoms with Crippen LogP contribution >= 0.6 is 11.3 Å². The van der Waals surface area contributed by atoms with Crippen molar-refractivity contribution >= 4 is 11.3 Å². The minimum atomic E-state index is -0.159. The molecule has 2 aromatic heterocycles. The number of hydrogen-bond donors (Lipinski definition) is 2. The highest BCUT2D eigenvalue weighted by Gasteiger charge is 1.98. The number of aromatic nitrogens is 2. The summed E-state index contributed by atoms with van der Waals surface area (Å²) >= 11 is 1.60. The van der Waals surface area contributed by atoms with E-state index >= 15 is 0 Å². The van der Waals surface area contributed by atoms with Crippen LogP contribution in [0.1, 0.15) is 0 Å². The van der Waals surface area contributed by atoms with Crippen LogP contribution in [0, 0.1) is 0 Å². The lowest BCUT2D eigenvalue weighted by molar-refractivity contribution is 1.19. The second-order valence-electron chi connectivity index (χ2n) is 2.13. The first-order valence-corrected chi connectivity index (χ1v) is 4.06. The first kappa shape index (κ1) is 6.42. The monoisotopic (exact) mass is 166 g/mol. The highest BCUT2D eigenvalue weighted by atomic mass is 32.1. The molecule has 0 unspecified atom stereocenters. The number of rotatable bonds is 1. The summed E-state index contributed by atoms with van der Waals surface area (Å²) in [5.41, 5.74) is 0.693. The summed E-state index contributed by atoms with van der Waals surface area (Å²) in [7, 11) is 0. The standard InChI is InChI=1S/C7H6N2OS/c10-7-8-4-5(9-7)6-2-1-3-11-6/h1-4H,(H2,8,9,10). The van der Waals surface area contributed by atoms with E-state index in [0.717, 1.165) is 10.6 Å². The van der Waals surface area contributed by atoms with E-state index in [9.17, 15) is 4.79 Å². The fraction of sp³-hybridized carbons (Fsp3) is 0. The van der Waals surface area contributed by atoms with E-state index in [0.29, 0.717) is 0 Å². The molecule has 2 N–H and O–H groups in total. The molecule has 0 bridgehead atoms. The van der Waals surface area contributed by atoms with Gasteiger partial charge in [0.25, 0.3) is 0 Å². The van der Waals surface area contributed by atoms with Crippen LogP contribution in [0.15, 0.2) is 28.5 Å². The van der Waals surface area contributed by atoms with E-state index in [1.165, 1.54) is 0 Å². The number of aromatic amines is 2. The topological polar surface area (TPSA) is 48.6 Å². The van der Waals surface area contributed by atoms with Gasteiger partial charge in [-0.3, -0.25) is 0 Å². The molecule has 0 aliphatic carbocycles. The van der Waals surface area contributed by atoms with E-state index < -0.39 is 0 Å². The molecule has 0 aliphatic rings. The highest BCUT2D eigenvalue weighted by molar-refractivity contribution is 7.13. The van der Waals surface area contributed by atoms with Crippen LogP contribution in [-0.4, -0.2) is 9.97 Å². The molecule has 0 atom stereocenters. The molecule has 4 heteroatoms. The second-order valence-corrected chi connectivity index (χ2v) is 3.08. The van der Waals surface area contributed by atoms with Crippen LogP contribution in [0.2, 0.25) is 0 Å². The lowest BCUT2D eigenvalue weighted by atomic mass is 10.4. The Kier molecular flexibility index (Phi) is 1.40. The van der Waals surface area contributed by atoms with Crippen molar-refractivity contribution in [3.8, 4) is 10.6 Å². The van der Waals surface area contributed by atoms with Gasteiger partial charge in [0.15, 0.2) is 0 Å². The molecule has 11 heavy (non-hydrogen) atoms. The summed E-state index contributed by atoms with van der Waals surface area (Å²) in [6, 6.07) is 3.91. The maximum Gasteiger partial charge on any atom is 0.323 e. The van der Waals surface area contributed by atoms with Gasteiger partial charge in [-0.2, -0.15) is 0 Å². The molecule has 2 aromatic rings. The molecule has 0 saturated carbocycles. The average Bonchev–Trinajstić information content (AvgIpc) is 2.55. The molecule has 0 saturated heterocycles. The maximum absolute atomic E-state index is 10.7. The first-order valence-electron chi connectivity index (χ1n) is 3.18. The van der Waals surface area contributed by atoms with Gasteiger partial charge in [-0.05, 0) is 11.4 Å². The Labute approximate surface area is 66.7 Å². The fourth-order valence-electron chi connectivity index (χ4n) is 0.897. The van der Waals surface area contributed by atoms with Crippen molar-refractivity contribution in [1.82, 2.24) is 9.97 Å². The Morgan fingerprint density at radius 1 is 1.45 bits per heavy atom. The zero-order chi connectivity index (χ0) is 7.68. The Hall–Kier alpha value is -1.29. The number of thiophene rings is 1. The molecular formula is C7H6N2OS. The Morgan fingerprint density at radius 2 is 2.36 bits per heavy atom. The summed E-state index contributed by atoms with van der Waals surface area (Å²) < 4.78 is 0. The van der Waals surface area contributed by atoms with E-state index in [1.54, 1.807) is 17.5 Å². The summed E-state index contributed by atoms with van der Waals surface area (Å²) in [5, 5.41) is 1.97.